The Balaban J connectivity index is 2.06. The molecule has 2 heterocycles. The fraction of sp³-hybridized carbons (Fsp3) is 0.154. The molecule has 0 spiro atoms. The number of hydrogen-bond donors (Lipinski definition) is 1. The quantitative estimate of drug-likeness (QED) is 0.754. The number of azo groups is 1. The molecule has 0 unspecified atom stereocenters. The maximum atomic E-state index is 11.8. The second kappa shape index (κ2) is 5.41. The second-order valence-electron chi connectivity index (χ2n) is 4.38. The molecule has 0 radical (unpaired) electrons. The molecule has 0 atom stereocenters. The smallest absolute Gasteiger partial charge is 0.304 e. The normalized spacial score (nSPS) is 11.3. The molecule has 1 aromatic carbocycles. The zero-order valence-corrected chi connectivity index (χ0v) is 12.3. The van der Waals surface area contributed by atoms with Gasteiger partial charge in [-0.2, -0.15) is 4.37 Å². The molecule has 2 aromatic heterocycles. The Morgan fingerprint density at radius 1 is 1.24 bits per heavy atom. The monoisotopic (exact) mass is 300 g/mol. The van der Waals surface area contributed by atoms with Crippen LogP contribution in [0.5, 0.6) is 0 Å². The van der Waals surface area contributed by atoms with E-state index >= 15 is 0 Å². The number of nitrogens with zero attached hydrogens (tertiary/aromatic N) is 5. The van der Waals surface area contributed by atoms with Gasteiger partial charge in [-0.3, -0.25) is 4.57 Å². The molecule has 0 fully saturated rings. The number of H-pyrrole nitrogens is 1. The predicted molar refractivity (Wildman–Crippen MR) is 80.3 cm³/mol. The lowest BCUT2D eigenvalue weighted by atomic mass is 10.1. The van der Waals surface area contributed by atoms with Crippen LogP contribution in [0.15, 0.2) is 45.4 Å². The molecule has 21 heavy (non-hydrogen) atoms. The van der Waals surface area contributed by atoms with Crippen molar-refractivity contribution in [3.63, 3.8) is 0 Å². The van der Waals surface area contributed by atoms with Gasteiger partial charge >= 0.3 is 5.69 Å². The van der Waals surface area contributed by atoms with Crippen molar-refractivity contribution >= 4 is 22.5 Å². The summed E-state index contributed by atoms with van der Waals surface area (Å²) in [7, 11) is 1.64. The van der Waals surface area contributed by atoms with Gasteiger partial charge in [0, 0.05) is 24.1 Å². The van der Waals surface area contributed by atoms with Crippen LogP contribution in [0, 0.1) is 6.92 Å². The standard InChI is InChI=1S/C13H12N6OS/c1-8-14-12(21-18-8)17-16-11-10(15-13(20)19(11)2)9-6-4-3-5-7-9/h3-7H,1-2H3,(H,15,20). The molecule has 3 aromatic rings. The lowest BCUT2D eigenvalue weighted by Gasteiger charge is -1.99. The summed E-state index contributed by atoms with van der Waals surface area (Å²) in [6.45, 7) is 1.79. The Bertz CT molecular complexity index is 845. The number of aromatic amines is 1. The number of aromatic nitrogens is 4. The van der Waals surface area contributed by atoms with Crippen LogP contribution in [-0.2, 0) is 7.05 Å². The summed E-state index contributed by atoms with van der Waals surface area (Å²) in [5.41, 5.74) is 1.27. The Kier molecular flexibility index (Phi) is 3.44. The molecule has 0 aliphatic carbocycles. The van der Waals surface area contributed by atoms with Crippen LogP contribution >= 0.6 is 11.5 Å². The molecule has 1 N–H and O–H groups in total. The van der Waals surface area contributed by atoms with E-state index in [9.17, 15) is 4.79 Å². The minimum absolute atomic E-state index is 0.240. The Morgan fingerprint density at radius 2 is 2.00 bits per heavy atom. The van der Waals surface area contributed by atoms with Crippen molar-refractivity contribution in [3.8, 4) is 11.3 Å². The zero-order valence-electron chi connectivity index (χ0n) is 11.4. The molecule has 3 rings (SSSR count). The van der Waals surface area contributed by atoms with E-state index in [1.165, 1.54) is 4.57 Å². The molecular weight excluding hydrogens is 288 g/mol. The van der Waals surface area contributed by atoms with Gasteiger partial charge in [0.15, 0.2) is 5.82 Å². The SMILES string of the molecule is Cc1nsc(N=Nc2c(-c3ccccc3)[nH]c(=O)n2C)n1. The van der Waals surface area contributed by atoms with Gasteiger partial charge in [-0.15, -0.1) is 10.2 Å². The van der Waals surface area contributed by atoms with E-state index in [-0.39, 0.29) is 5.69 Å². The van der Waals surface area contributed by atoms with Gasteiger partial charge in [-0.05, 0) is 6.92 Å². The maximum absolute atomic E-state index is 11.8. The molecule has 106 valence electrons. The molecule has 0 bridgehead atoms. The van der Waals surface area contributed by atoms with Crippen molar-refractivity contribution < 1.29 is 0 Å². The van der Waals surface area contributed by atoms with E-state index in [0.717, 1.165) is 17.1 Å². The average Bonchev–Trinajstić information content (AvgIpc) is 3.03. The van der Waals surface area contributed by atoms with Gasteiger partial charge in [-0.25, -0.2) is 9.78 Å². The summed E-state index contributed by atoms with van der Waals surface area (Å²) in [6, 6.07) is 9.51. The summed E-state index contributed by atoms with van der Waals surface area (Å²) in [5.74, 6) is 1.11. The highest BCUT2D eigenvalue weighted by Crippen LogP contribution is 2.28. The largest absolute Gasteiger partial charge is 0.327 e. The Hall–Kier alpha value is -2.61. The molecule has 0 aliphatic heterocycles. The molecule has 0 amide bonds. The summed E-state index contributed by atoms with van der Waals surface area (Å²) < 4.78 is 5.45. The van der Waals surface area contributed by atoms with Gasteiger partial charge in [-0.1, -0.05) is 30.3 Å². The van der Waals surface area contributed by atoms with Crippen molar-refractivity contribution in [1.82, 2.24) is 18.9 Å². The summed E-state index contributed by atoms with van der Waals surface area (Å²) in [6.07, 6.45) is 0. The van der Waals surface area contributed by atoms with Gasteiger partial charge < -0.3 is 4.98 Å². The number of benzene rings is 1. The third-order valence-corrected chi connectivity index (χ3v) is 3.58. The summed E-state index contributed by atoms with van der Waals surface area (Å²) >= 11 is 1.16. The van der Waals surface area contributed by atoms with Gasteiger partial charge in [0.2, 0.25) is 5.13 Å². The molecule has 8 heteroatoms. The minimum atomic E-state index is -0.240. The van der Waals surface area contributed by atoms with Crippen LogP contribution < -0.4 is 5.69 Å². The number of aryl methyl sites for hydroxylation is 1. The van der Waals surface area contributed by atoms with Crippen LogP contribution in [0.1, 0.15) is 5.82 Å². The fourth-order valence-corrected chi connectivity index (χ4v) is 2.36. The lowest BCUT2D eigenvalue weighted by Crippen LogP contribution is -2.11. The minimum Gasteiger partial charge on any atom is -0.304 e. The van der Waals surface area contributed by atoms with E-state index in [1.54, 1.807) is 14.0 Å². The molecule has 0 saturated carbocycles. The third kappa shape index (κ3) is 2.65. The van der Waals surface area contributed by atoms with E-state index in [4.69, 9.17) is 0 Å². The number of rotatable bonds is 3. The van der Waals surface area contributed by atoms with E-state index in [2.05, 4.69) is 24.6 Å². The van der Waals surface area contributed by atoms with Crippen molar-refractivity contribution in [2.45, 2.75) is 6.92 Å². The maximum Gasteiger partial charge on any atom is 0.327 e. The molecular formula is C13H12N6OS. The van der Waals surface area contributed by atoms with Crippen molar-refractivity contribution in [2.24, 2.45) is 17.3 Å². The van der Waals surface area contributed by atoms with Gasteiger partial charge in [0.25, 0.3) is 0 Å². The van der Waals surface area contributed by atoms with E-state index < -0.39 is 0 Å². The first-order valence-corrected chi connectivity index (χ1v) is 6.99. The number of hydrogen-bond acceptors (Lipinski definition) is 6. The topological polar surface area (TPSA) is 88.3 Å². The zero-order chi connectivity index (χ0) is 14.8. The highest BCUT2D eigenvalue weighted by atomic mass is 32.1. The second-order valence-corrected chi connectivity index (χ2v) is 5.11. The van der Waals surface area contributed by atoms with Gasteiger partial charge in [0.1, 0.15) is 5.82 Å². The highest BCUT2D eigenvalue weighted by Gasteiger charge is 2.13. The van der Waals surface area contributed by atoms with E-state index in [0.29, 0.717) is 22.5 Å². The Labute approximate surface area is 124 Å². The van der Waals surface area contributed by atoms with Crippen molar-refractivity contribution in [3.05, 3.63) is 46.6 Å². The summed E-state index contributed by atoms with van der Waals surface area (Å²) in [4.78, 5) is 18.7. The highest BCUT2D eigenvalue weighted by molar-refractivity contribution is 7.09. The summed E-state index contributed by atoms with van der Waals surface area (Å²) in [5, 5.41) is 8.66. The number of nitrogens with one attached hydrogen (secondary N) is 1. The molecule has 0 saturated heterocycles. The molecule has 0 aliphatic rings. The van der Waals surface area contributed by atoms with Crippen LogP contribution in [0.2, 0.25) is 0 Å². The van der Waals surface area contributed by atoms with Crippen LogP contribution in [0.4, 0.5) is 10.9 Å². The average molecular weight is 300 g/mol. The predicted octanol–water partition coefficient (Wildman–Crippen LogP) is 2.96. The van der Waals surface area contributed by atoms with Gasteiger partial charge in [0.05, 0.1) is 5.69 Å². The lowest BCUT2D eigenvalue weighted by molar-refractivity contribution is 0.853. The molecule has 7 nitrogen and oxygen atoms in total. The first kappa shape index (κ1) is 13.4. The van der Waals surface area contributed by atoms with Crippen molar-refractivity contribution in [1.29, 1.82) is 0 Å². The fourth-order valence-electron chi connectivity index (χ4n) is 1.85. The van der Waals surface area contributed by atoms with Crippen molar-refractivity contribution in [2.75, 3.05) is 0 Å². The number of imidazole rings is 1. The Morgan fingerprint density at radius 3 is 2.67 bits per heavy atom. The van der Waals surface area contributed by atoms with Crippen LogP contribution in [0.3, 0.4) is 0 Å². The first-order chi connectivity index (χ1) is 10.1. The van der Waals surface area contributed by atoms with Crippen LogP contribution in [0.25, 0.3) is 11.3 Å². The first-order valence-electron chi connectivity index (χ1n) is 6.21. The van der Waals surface area contributed by atoms with Crippen LogP contribution in [-0.4, -0.2) is 18.9 Å². The van der Waals surface area contributed by atoms with E-state index in [1.807, 2.05) is 30.3 Å². The third-order valence-electron chi connectivity index (χ3n) is 2.89.